The number of ether oxygens (including phenoxy) is 2. The Balaban J connectivity index is 2.61. The highest BCUT2D eigenvalue weighted by molar-refractivity contribution is 5.97. The largest absolute Gasteiger partial charge is 0.465 e. The Morgan fingerprint density at radius 2 is 1.82 bits per heavy atom. The molecule has 0 spiro atoms. The van der Waals surface area contributed by atoms with Crippen molar-refractivity contribution in [3.63, 3.8) is 0 Å². The van der Waals surface area contributed by atoms with Gasteiger partial charge in [0.2, 0.25) is 0 Å². The Morgan fingerprint density at radius 3 is 2.41 bits per heavy atom. The van der Waals surface area contributed by atoms with E-state index < -0.39 is 17.8 Å². The number of carbonyl (C=O) groups excluding carboxylic acids is 2. The van der Waals surface area contributed by atoms with Crippen LogP contribution in [0.4, 0.5) is 4.39 Å². The molecule has 0 unspecified atom stereocenters. The first-order valence-electron chi connectivity index (χ1n) is 6.38. The normalized spacial score (nSPS) is 9.91. The van der Waals surface area contributed by atoms with Gasteiger partial charge >= 0.3 is 11.9 Å². The number of benzene rings is 2. The van der Waals surface area contributed by atoms with Crippen molar-refractivity contribution in [3.8, 4) is 16.9 Å². The molecule has 2 aromatic rings. The first kappa shape index (κ1) is 15.4. The van der Waals surface area contributed by atoms with Crippen molar-refractivity contribution in [1.29, 1.82) is 0 Å². The smallest absolute Gasteiger partial charge is 0.341 e. The highest BCUT2D eigenvalue weighted by Crippen LogP contribution is 2.34. The average molecular weight is 300 g/mol. The Morgan fingerprint density at radius 1 is 1.14 bits per heavy atom. The maximum absolute atomic E-state index is 13.1. The molecule has 0 aromatic heterocycles. The molecule has 0 aliphatic carbocycles. The van der Waals surface area contributed by atoms with Gasteiger partial charge in [-0.3, -0.25) is 0 Å². The number of esters is 2. The summed E-state index contributed by atoms with van der Waals surface area (Å²) in [5, 5.41) is 0. The van der Waals surface area contributed by atoms with Crippen LogP contribution in [0.1, 0.15) is 10.4 Å². The number of halogens is 1. The van der Waals surface area contributed by atoms with Gasteiger partial charge in [0.15, 0.2) is 5.75 Å². The van der Waals surface area contributed by atoms with E-state index >= 15 is 0 Å². The summed E-state index contributed by atoms with van der Waals surface area (Å²) in [4.78, 5) is 23.4. The topological polar surface area (TPSA) is 52.6 Å². The van der Waals surface area contributed by atoms with Crippen LogP contribution in [-0.2, 0) is 9.53 Å². The van der Waals surface area contributed by atoms with E-state index in [2.05, 4.69) is 11.3 Å². The second-order valence-electron chi connectivity index (χ2n) is 4.31. The zero-order chi connectivity index (χ0) is 16.1. The maximum Gasteiger partial charge on any atom is 0.341 e. The second kappa shape index (κ2) is 6.67. The van der Waals surface area contributed by atoms with Gasteiger partial charge in [-0.25, -0.2) is 14.0 Å². The van der Waals surface area contributed by atoms with Crippen molar-refractivity contribution in [3.05, 3.63) is 66.5 Å². The molecule has 0 amide bonds. The van der Waals surface area contributed by atoms with Gasteiger partial charge in [0.25, 0.3) is 0 Å². The van der Waals surface area contributed by atoms with Gasteiger partial charge in [-0.15, -0.1) is 0 Å². The molecular formula is C17H13FO4. The van der Waals surface area contributed by atoms with Crippen molar-refractivity contribution < 1.29 is 23.5 Å². The minimum Gasteiger partial charge on any atom is -0.465 e. The summed E-state index contributed by atoms with van der Waals surface area (Å²) in [6, 6.07) is 10.4. The molecule has 0 aliphatic rings. The van der Waals surface area contributed by atoms with Crippen molar-refractivity contribution in [2.75, 3.05) is 7.11 Å². The van der Waals surface area contributed by atoms with E-state index in [1.54, 1.807) is 12.1 Å². The van der Waals surface area contributed by atoms with Crippen LogP contribution >= 0.6 is 0 Å². The van der Waals surface area contributed by atoms with Crippen molar-refractivity contribution in [1.82, 2.24) is 0 Å². The third-order valence-corrected chi connectivity index (χ3v) is 2.94. The van der Waals surface area contributed by atoms with Crippen LogP contribution in [0.3, 0.4) is 0 Å². The molecule has 0 aliphatic heterocycles. The molecule has 112 valence electrons. The molecule has 0 atom stereocenters. The minimum absolute atomic E-state index is 0.0471. The second-order valence-corrected chi connectivity index (χ2v) is 4.31. The predicted molar refractivity (Wildman–Crippen MR) is 79.0 cm³/mol. The number of hydrogen-bond acceptors (Lipinski definition) is 4. The van der Waals surface area contributed by atoms with Crippen molar-refractivity contribution in [2.24, 2.45) is 0 Å². The number of para-hydroxylation sites is 1. The van der Waals surface area contributed by atoms with Crippen LogP contribution in [0, 0.1) is 5.82 Å². The molecule has 0 saturated heterocycles. The minimum atomic E-state index is -0.709. The monoisotopic (exact) mass is 300 g/mol. The lowest BCUT2D eigenvalue weighted by atomic mass is 10.0. The van der Waals surface area contributed by atoms with Crippen LogP contribution in [0.5, 0.6) is 5.75 Å². The molecule has 5 heteroatoms. The molecular weight excluding hydrogens is 287 g/mol. The molecule has 0 N–H and O–H groups in total. The highest BCUT2D eigenvalue weighted by Gasteiger charge is 2.19. The van der Waals surface area contributed by atoms with E-state index in [4.69, 9.17) is 4.74 Å². The molecule has 4 nitrogen and oxygen atoms in total. The summed E-state index contributed by atoms with van der Waals surface area (Å²) in [6.45, 7) is 3.33. The lowest BCUT2D eigenvalue weighted by molar-refractivity contribution is -0.128. The first-order chi connectivity index (χ1) is 10.6. The Kier molecular flexibility index (Phi) is 4.68. The molecule has 0 saturated carbocycles. The van der Waals surface area contributed by atoms with Gasteiger partial charge in [0, 0.05) is 11.6 Å². The van der Waals surface area contributed by atoms with Gasteiger partial charge in [-0.1, -0.05) is 30.8 Å². The fourth-order valence-corrected chi connectivity index (χ4v) is 1.92. The van der Waals surface area contributed by atoms with Crippen molar-refractivity contribution in [2.45, 2.75) is 0 Å². The lowest BCUT2D eigenvalue weighted by Crippen LogP contribution is -2.10. The van der Waals surface area contributed by atoms with Gasteiger partial charge in [0.05, 0.1) is 7.11 Å². The molecule has 22 heavy (non-hydrogen) atoms. The zero-order valence-corrected chi connectivity index (χ0v) is 11.8. The number of rotatable bonds is 4. The highest BCUT2D eigenvalue weighted by atomic mass is 19.1. The van der Waals surface area contributed by atoms with E-state index in [0.717, 1.165) is 6.08 Å². The third-order valence-electron chi connectivity index (χ3n) is 2.94. The van der Waals surface area contributed by atoms with E-state index in [1.165, 1.54) is 37.4 Å². The van der Waals surface area contributed by atoms with E-state index in [1.807, 2.05) is 0 Å². The number of methoxy groups -OCH3 is 1. The molecule has 0 fully saturated rings. The van der Waals surface area contributed by atoms with Gasteiger partial charge in [-0.05, 0) is 23.8 Å². The summed E-state index contributed by atoms with van der Waals surface area (Å²) < 4.78 is 22.9. The molecule has 2 rings (SSSR count). The summed E-state index contributed by atoms with van der Waals surface area (Å²) in [5.74, 6) is -1.70. The van der Waals surface area contributed by atoms with Crippen LogP contribution in [0.2, 0.25) is 0 Å². The summed E-state index contributed by atoms with van der Waals surface area (Å²) in [5.41, 5.74) is 1.16. The first-order valence-corrected chi connectivity index (χ1v) is 6.38. The van der Waals surface area contributed by atoms with Gasteiger partial charge in [-0.2, -0.15) is 0 Å². The number of hydrogen-bond donors (Lipinski definition) is 0. The third kappa shape index (κ3) is 3.20. The van der Waals surface area contributed by atoms with E-state index in [0.29, 0.717) is 11.1 Å². The Hall–Kier alpha value is -2.95. The predicted octanol–water partition coefficient (Wildman–Crippen LogP) is 3.37. The Labute approximate surface area is 126 Å². The summed E-state index contributed by atoms with van der Waals surface area (Å²) >= 11 is 0. The van der Waals surface area contributed by atoms with Gasteiger partial charge in [0.1, 0.15) is 11.4 Å². The molecule has 0 bridgehead atoms. The lowest BCUT2D eigenvalue weighted by Gasteiger charge is -2.13. The SMILES string of the molecule is C=CC(=O)Oc1c(C(=O)OC)cccc1-c1ccc(F)cc1. The van der Waals surface area contributed by atoms with Gasteiger partial charge < -0.3 is 9.47 Å². The van der Waals surface area contributed by atoms with E-state index in [9.17, 15) is 14.0 Å². The van der Waals surface area contributed by atoms with Crippen LogP contribution < -0.4 is 4.74 Å². The van der Waals surface area contributed by atoms with Crippen molar-refractivity contribution >= 4 is 11.9 Å². The number of carbonyl (C=O) groups is 2. The van der Waals surface area contributed by atoms with Crippen LogP contribution in [-0.4, -0.2) is 19.0 Å². The fraction of sp³-hybridized carbons (Fsp3) is 0.0588. The fourth-order valence-electron chi connectivity index (χ4n) is 1.92. The summed E-state index contributed by atoms with van der Waals surface area (Å²) in [7, 11) is 1.23. The van der Waals surface area contributed by atoms with Crippen LogP contribution in [0.25, 0.3) is 11.1 Å². The maximum atomic E-state index is 13.1. The average Bonchev–Trinajstić information content (AvgIpc) is 2.55. The summed E-state index contributed by atoms with van der Waals surface area (Å²) in [6.07, 6.45) is 0.989. The molecule has 2 aromatic carbocycles. The standard InChI is InChI=1S/C17H13FO4/c1-3-15(19)22-16-13(11-7-9-12(18)10-8-11)5-4-6-14(16)17(20)21-2/h3-10H,1H2,2H3. The Bertz CT molecular complexity index is 720. The molecule has 0 heterocycles. The molecule has 0 radical (unpaired) electrons. The van der Waals surface area contributed by atoms with Crippen LogP contribution in [0.15, 0.2) is 55.1 Å². The van der Waals surface area contributed by atoms with E-state index in [-0.39, 0.29) is 11.3 Å². The quantitative estimate of drug-likeness (QED) is 0.493. The zero-order valence-electron chi connectivity index (χ0n) is 11.8.